The lowest BCUT2D eigenvalue weighted by molar-refractivity contribution is -0.127. The number of aliphatic hydroxyl groups excluding tert-OH is 1. The van der Waals surface area contributed by atoms with E-state index in [1.165, 1.54) is 0 Å². The molecule has 20 heavy (non-hydrogen) atoms. The number of rotatable bonds is 6. The Morgan fingerprint density at radius 1 is 1.30 bits per heavy atom. The van der Waals surface area contributed by atoms with Gasteiger partial charge in [0, 0.05) is 25.2 Å². The van der Waals surface area contributed by atoms with Gasteiger partial charge in [-0.15, -0.1) is 0 Å². The molecule has 2 aliphatic rings. The molecule has 0 bridgehead atoms. The van der Waals surface area contributed by atoms with Gasteiger partial charge in [-0.3, -0.25) is 4.90 Å². The zero-order valence-electron chi connectivity index (χ0n) is 12.0. The number of alkyl halides is 3. The first-order chi connectivity index (χ1) is 9.37. The molecule has 0 aromatic rings. The Morgan fingerprint density at radius 3 is 2.55 bits per heavy atom. The van der Waals surface area contributed by atoms with Crippen LogP contribution in [0.2, 0.25) is 0 Å². The summed E-state index contributed by atoms with van der Waals surface area (Å²) >= 11 is 0. The second-order valence-electron chi connectivity index (χ2n) is 6.28. The third-order valence-corrected chi connectivity index (χ3v) is 4.30. The van der Waals surface area contributed by atoms with Crippen LogP contribution >= 0.6 is 0 Å². The average molecular weight is 294 g/mol. The highest BCUT2D eigenvalue weighted by atomic mass is 19.4. The van der Waals surface area contributed by atoms with E-state index in [1.54, 1.807) is 0 Å². The van der Waals surface area contributed by atoms with Gasteiger partial charge in [-0.2, -0.15) is 13.2 Å². The van der Waals surface area contributed by atoms with Crippen LogP contribution in [0.3, 0.4) is 0 Å². The Bertz CT molecular complexity index is 307. The van der Waals surface area contributed by atoms with Gasteiger partial charge in [-0.25, -0.2) is 0 Å². The number of halogens is 3. The molecule has 0 amide bonds. The fourth-order valence-electron chi connectivity index (χ4n) is 3.11. The van der Waals surface area contributed by atoms with Gasteiger partial charge < -0.3 is 10.4 Å². The lowest BCUT2D eigenvalue weighted by Gasteiger charge is -2.39. The normalized spacial score (nSPS) is 30.4. The maximum absolute atomic E-state index is 12.3. The Hall–Kier alpha value is -0.330. The molecule has 2 rings (SSSR count). The van der Waals surface area contributed by atoms with E-state index in [4.69, 9.17) is 0 Å². The smallest absolute Gasteiger partial charge is 0.393 e. The van der Waals surface area contributed by atoms with Crippen LogP contribution in [0.1, 0.15) is 39.0 Å². The zero-order valence-corrected chi connectivity index (χ0v) is 12.0. The highest BCUT2D eigenvalue weighted by molar-refractivity contribution is 4.93. The summed E-state index contributed by atoms with van der Waals surface area (Å²) < 4.78 is 37.0. The maximum atomic E-state index is 12.3. The monoisotopic (exact) mass is 294 g/mol. The largest absolute Gasteiger partial charge is 0.401 e. The molecule has 2 fully saturated rings. The summed E-state index contributed by atoms with van der Waals surface area (Å²) in [6, 6.07) is 0.451. The Kier molecular flexibility index (Phi) is 5.31. The number of nitrogens with zero attached hydrogens (tertiary/aromatic N) is 1. The molecule has 0 aromatic carbocycles. The predicted octanol–water partition coefficient (Wildman–Crippen LogP) is 2.15. The average Bonchev–Trinajstić information content (AvgIpc) is 3.19. The molecule has 2 N–H and O–H groups in total. The molecule has 1 aliphatic carbocycles. The maximum Gasteiger partial charge on any atom is 0.401 e. The Balaban J connectivity index is 1.86. The molecule has 1 aliphatic heterocycles. The third kappa shape index (κ3) is 5.22. The van der Waals surface area contributed by atoms with Gasteiger partial charge in [0.05, 0.1) is 12.6 Å². The highest BCUT2D eigenvalue weighted by Gasteiger charge is 2.37. The van der Waals surface area contributed by atoms with E-state index in [1.807, 2.05) is 6.92 Å². The minimum absolute atomic E-state index is 0.111. The zero-order chi connectivity index (χ0) is 14.8. The summed E-state index contributed by atoms with van der Waals surface area (Å²) in [5, 5.41) is 12.4. The minimum atomic E-state index is -4.15. The SMILES string of the molecule is CCC(O)CC1CC(NCC(F)(F)F)CN(C2CC2)C1. The van der Waals surface area contributed by atoms with E-state index < -0.39 is 12.7 Å². The second-order valence-corrected chi connectivity index (χ2v) is 6.28. The topological polar surface area (TPSA) is 35.5 Å². The van der Waals surface area contributed by atoms with Crippen molar-refractivity contribution < 1.29 is 18.3 Å². The van der Waals surface area contributed by atoms with Crippen molar-refractivity contribution in [1.29, 1.82) is 0 Å². The van der Waals surface area contributed by atoms with Crippen molar-refractivity contribution >= 4 is 0 Å². The molecule has 1 saturated heterocycles. The fourth-order valence-corrected chi connectivity index (χ4v) is 3.11. The van der Waals surface area contributed by atoms with Crippen LogP contribution in [0.15, 0.2) is 0 Å². The van der Waals surface area contributed by atoms with E-state index in [-0.39, 0.29) is 12.1 Å². The molecule has 3 atom stereocenters. The molecule has 3 unspecified atom stereocenters. The van der Waals surface area contributed by atoms with E-state index in [0.29, 0.717) is 31.3 Å². The lowest BCUT2D eigenvalue weighted by atomic mass is 9.88. The first-order valence-corrected chi connectivity index (χ1v) is 7.59. The van der Waals surface area contributed by atoms with Crippen molar-refractivity contribution in [3.05, 3.63) is 0 Å². The van der Waals surface area contributed by atoms with Crippen LogP contribution in [0, 0.1) is 5.92 Å². The number of likely N-dealkylation sites (tertiary alicyclic amines) is 1. The first-order valence-electron chi connectivity index (χ1n) is 7.59. The van der Waals surface area contributed by atoms with Crippen LogP contribution < -0.4 is 5.32 Å². The van der Waals surface area contributed by atoms with E-state index in [9.17, 15) is 18.3 Å². The predicted molar refractivity (Wildman–Crippen MR) is 71.5 cm³/mol. The van der Waals surface area contributed by atoms with Gasteiger partial charge in [0.15, 0.2) is 0 Å². The number of hydrogen-bond donors (Lipinski definition) is 2. The van der Waals surface area contributed by atoms with Crippen molar-refractivity contribution in [2.75, 3.05) is 19.6 Å². The Morgan fingerprint density at radius 2 is 2.00 bits per heavy atom. The van der Waals surface area contributed by atoms with Crippen molar-refractivity contribution in [1.82, 2.24) is 10.2 Å². The van der Waals surface area contributed by atoms with Gasteiger partial charge >= 0.3 is 6.18 Å². The van der Waals surface area contributed by atoms with Crippen molar-refractivity contribution in [2.45, 2.75) is 63.4 Å². The first kappa shape index (κ1) is 16.0. The molecule has 0 radical (unpaired) electrons. The number of hydrogen-bond acceptors (Lipinski definition) is 3. The summed E-state index contributed by atoms with van der Waals surface area (Å²) in [6.07, 6.45) is -0.0204. The van der Waals surface area contributed by atoms with Gasteiger partial charge in [0.2, 0.25) is 0 Å². The molecule has 6 heteroatoms. The summed E-state index contributed by atoms with van der Waals surface area (Å²) in [7, 11) is 0. The van der Waals surface area contributed by atoms with Crippen molar-refractivity contribution in [2.24, 2.45) is 5.92 Å². The van der Waals surface area contributed by atoms with Crippen LogP contribution in [-0.4, -0.2) is 54.0 Å². The number of piperidine rings is 1. The number of aliphatic hydroxyl groups is 1. The fraction of sp³-hybridized carbons (Fsp3) is 1.00. The van der Waals surface area contributed by atoms with Gasteiger partial charge in [0.1, 0.15) is 0 Å². The molecular weight excluding hydrogens is 269 g/mol. The van der Waals surface area contributed by atoms with Gasteiger partial charge in [-0.05, 0) is 38.0 Å². The van der Waals surface area contributed by atoms with Crippen LogP contribution in [0.25, 0.3) is 0 Å². The third-order valence-electron chi connectivity index (χ3n) is 4.30. The van der Waals surface area contributed by atoms with Crippen molar-refractivity contribution in [3.8, 4) is 0 Å². The van der Waals surface area contributed by atoms with E-state index in [0.717, 1.165) is 25.8 Å². The molecular formula is C14H25F3N2O. The highest BCUT2D eigenvalue weighted by Crippen LogP contribution is 2.32. The van der Waals surface area contributed by atoms with Crippen LogP contribution in [0.4, 0.5) is 13.2 Å². The molecule has 0 aromatic heterocycles. The van der Waals surface area contributed by atoms with Crippen LogP contribution in [-0.2, 0) is 0 Å². The van der Waals surface area contributed by atoms with E-state index in [2.05, 4.69) is 10.2 Å². The summed E-state index contributed by atoms with van der Waals surface area (Å²) in [5.74, 6) is 0.296. The van der Waals surface area contributed by atoms with Gasteiger partial charge in [0.25, 0.3) is 0 Å². The summed E-state index contributed by atoms with van der Waals surface area (Å²) in [5.41, 5.74) is 0. The standard InChI is InChI=1S/C14H25F3N2O/c1-2-13(20)6-10-5-11(18-9-14(15,16)17)8-19(7-10)12-3-4-12/h10-13,18,20H,2-9H2,1H3. The van der Waals surface area contributed by atoms with Crippen molar-refractivity contribution in [3.63, 3.8) is 0 Å². The van der Waals surface area contributed by atoms with Crippen LogP contribution in [0.5, 0.6) is 0 Å². The molecule has 1 saturated carbocycles. The van der Waals surface area contributed by atoms with E-state index >= 15 is 0 Å². The number of nitrogens with one attached hydrogen (secondary N) is 1. The molecule has 0 spiro atoms. The summed E-state index contributed by atoms with van der Waals surface area (Å²) in [4.78, 5) is 2.31. The molecule has 118 valence electrons. The van der Waals surface area contributed by atoms with Gasteiger partial charge in [-0.1, -0.05) is 6.92 Å². The Labute approximate surface area is 118 Å². The minimum Gasteiger partial charge on any atom is -0.393 e. The lowest BCUT2D eigenvalue weighted by Crippen LogP contribution is -2.52. The second kappa shape index (κ2) is 6.62. The molecule has 1 heterocycles. The molecule has 3 nitrogen and oxygen atoms in total. The summed E-state index contributed by atoms with van der Waals surface area (Å²) in [6.45, 7) is 2.65. The quantitative estimate of drug-likeness (QED) is 0.788.